The van der Waals surface area contributed by atoms with E-state index in [1.54, 1.807) is 7.11 Å². The van der Waals surface area contributed by atoms with Gasteiger partial charge in [0.05, 0.1) is 23.8 Å². The highest BCUT2D eigenvalue weighted by Crippen LogP contribution is 2.52. The summed E-state index contributed by atoms with van der Waals surface area (Å²) in [6, 6.07) is 11.1. The van der Waals surface area contributed by atoms with E-state index in [0.717, 1.165) is 47.4 Å². The normalized spacial score (nSPS) is 26.9. The highest BCUT2D eigenvalue weighted by atomic mass is 19.4. The van der Waals surface area contributed by atoms with Gasteiger partial charge in [-0.2, -0.15) is 13.2 Å². The lowest BCUT2D eigenvalue weighted by atomic mass is 9.62. The van der Waals surface area contributed by atoms with E-state index in [1.807, 2.05) is 31.1 Å². The van der Waals surface area contributed by atoms with Crippen molar-refractivity contribution in [2.45, 2.75) is 43.0 Å². The van der Waals surface area contributed by atoms with Crippen LogP contribution < -0.4 is 10.1 Å². The molecule has 3 unspecified atom stereocenters. The van der Waals surface area contributed by atoms with Gasteiger partial charge in [-0.3, -0.25) is 0 Å². The van der Waals surface area contributed by atoms with E-state index in [-0.39, 0.29) is 11.5 Å². The fourth-order valence-corrected chi connectivity index (χ4v) is 6.21. The van der Waals surface area contributed by atoms with E-state index in [0.29, 0.717) is 31.4 Å². The number of ether oxygens (including phenoxy) is 1. The number of hydrogen-bond donors (Lipinski definition) is 3. The molecule has 0 radical (unpaired) electrons. The van der Waals surface area contributed by atoms with Crippen molar-refractivity contribution < 1.29 is 23.0 Å². The first-order valence-electron chi connectivity index (χ1n) is 12.0. The van der Waals surface area contributed by atoms with Gasteiger partial charge in [-0.05, 0) is 81.2 Å². The number of aromatic amines is 1. The SMILES string of the molecule is COc1ccc2[nH]c3c(c2c1)CCNC31CCC(O)(c2ccc(C(F)(F)F)cc2)C(CN(C)C)C1. The number of benzene rings is 2. The average molecular weight is 488 g/mol. The van der Waals surface area contributed by atoms with Gasteiger partial charge in [0, 0.05) is 35.6 Å². The summed E-state index contributed by atoms with van der Waals surface area (Å²) in [7, 11) is 5.59. The lowest BCUT2D eigenvalue weighted by Crippen LogP contribution is -2.57. The molecule has 8 heteroatoms. The highest BCUT2D eigenvalue weighted by Gasteiger charge is 2.52. The third kappa shape index (κ3) is 4.11. The molecule has 0 amide bonds. The van der Waals surface area contributed by atoms with Crippen LogP contribution in [-0.2, 0) is 23.7 Å². The summed E-state index contributed by atoms with van der Waals surface area (Å²) in [5.74, 6) is 0.639. The number of aliphatic hydroxyl groups is 1. The second kappa shape index (κ2) is 8.54. The topological polar surface area (TPSA) is 60.5 Å². The molecular formula is C27H32F3N3O2. The van der Waals surface area contributed by atoms with Crippen LogP contribution in [0.2, 0.25) is 0 Å². The van der Waals surface area contributed by atoms with E-state index in [1.165, 1.54) is 17.7 Å². The van der Waals surface area contributed by atoms with Crippen molar-refractivity contribution in [1.29, 1.82) is 0 Å². The van der Waals surface area contributed by atoms with E-state index < -0.39 is 17.3 Å². The minimum atomic E-state index is -4.40. The molecule has 1 aliphatic heterocycles. The van der Waals surface area contributed by atoms with Crippen molar-refractivity contribution in [3.05, 3.63) is 64.8 Å². The number of nitrogens with zero attached hydrogens (tertiary/aromatic N) is 1. The summed E-state index contributed by atoms with van der Waals surface area (Å²) >= 11 is 0. The fraction of sp³-hybridized carbons (Fsp3) is 0.481. The van der Waals surface area contributed by atoms with E-state index in [2.05, 4.69) is 16.4 Å². The first-order valence-corrected chi connectivity index (χ1v) is 12.0. The van der Waals surface area contributed by atoms with Crippen molar-refractivity contribution in [3.63, 3.8) is 0 Å². The molecule has 35 heavy (non-hydrogen) atoms. The summed E-state index contributed by atoms with van der Waals surface area (Å²) in [6.07, 6.45) is -1.72. The number of aromatic nitrogens is 1. The first kappa shape index (κ1) is 24.2. The molecule has 2 aromatic carbocycles. The second-order valence-corrected chi connectivity index (χ2v) is 10.3. The van der Waals surface area contributed by atoms with Gasteiger partial charge in [-0.25, -0.2) is 0 Å². The van der Waals surface area contributed by atoms with Crippen LogP contribution in [0.5, 0.6) is 5.75 Å². The zero-order valence-electron chi connectivity index (χ0n) is 20.3. The Kier molecular flexibility index (Phi) is 5.89. The number of nitrogens with one attached hydrogen (secondary N) is 2. The molecule has 2 aliphatic rings. The van der Waals surface area contributed by atoms with Crippen molar-refractivity contribution in [1.82, 2.24) is 15.2 Å². The minimum absolute atomic E-state index is 0.178. The molecule has 3 aromatic rings. The van der Waals surface area contributed by atoms with Gasteiger partial charge in [-0.15, -0.1) is 0 Å². The summed E-state index contributed by atoms with van der Waals surface area (Å²) in [5.41, 5.74) is 1.79. The van der Waals surface area contributed by atoms with Gasteiger partial charge in [0.15, 0.2) is 0 Å². The quantitative estimate of drug-likeness (QED) is 0.496. The van der Waals surface area contributed by atoms with Gasteiger partial charge in [0.1, 0.15) is 5.75 Å². The van der Waals surface area contributed by atoms with E-state index >= 15 is 0 Å². The van der Waals surface area contributed by atoms with Crippen LogP contribution in [0.25, 0.3) is 10.9 Å². The van der Waals surface area contributed by atoms with Crippen LogP contribution in [0.4, 0.5) is 13.2 Å². The van der Waals surface area contributed by atoms with Gasteiger partial charge < -0.3 is 25.0 Å². The number of hydrogen-bond acceptors (Lipinski definition) is 4. The summed E-state index contributed by atoms with van der Waals surface area (Å²) < 4.78 is 44.8. The molecule has 0 bridgehead atoms. The van der Waals surface area contributed by atoms with Crippen molar-refractivity contribution >= 4 is 10.9 Å². The maximum absolute atomic E-state index is 13.1. The van der Waals surface area contributed by atoms with Crippen LogP contribution in [0, 0.1) is 5.92 Å². The lowest BCUT2D eigenvalue weighted by Gasteiger charge is -2.51. The van der Waals surface area contributed by atoms with E-state index in [9.17, 15) is 18.3 Å². The molecule has 1 fully saturated rings. The first-order chi connectivity index (χ1) is 16.6. The molecule has 188 valence electrons. The molecule has 1 aromatic heterocycles. The van der Waals surface area contributed by atoms with Crippen LogP contribution in [0.1, 0.15) is 41.6 Å². The molecular weight excluding hydrogens is 455 g/mol. The molecule has 3 N–H and O–H groups in total. The highest BCUT2D eigenvalue weighted by molar-refractivity contribution is 5.86. The monoisotopic (exact) mass is 487 g/mol. The maximum Gasteiger partial charge on any atom is 0.416 e. The molecule has 5 rings (SSSR count). The third-order valence-corrected chi connectivity index (χ3v) is 7.93. The Hall–Kier alpha value is -2.55. The van der Waals surface area contributed by atoms with Gasteiger partial charge in [0.2, 0.25) is 0 Å². The predicted octanol–water partition coefficient (Wildman–Crippen LogP) is 4.79. The fourth-order valence-electron chi connectivity index (χ4n) is 6.21. The Labute approximate surface area is 203 Å². The Morgan fingerprint density at radius 1 is 1.11 bits per heavy atom. The van der Waals surface area contributed by atoms with Gasteiger partial charge in [0.25, 0.3) is 0 Å². The number of alkyl halides is 3. The number of halogens is 3. The van der Waals surface area contributed by atoms with Crippen molar-refractivity contribution in [3.8, 4) is 5.75 Å². The standard InChI is InChI=1S/C27H32F3N3O2/c1-33(2)16-19-15-25(11-12-26(19,34)17-4-6-18(7-5-17)27(28,29)30)24-21(10-13-31-25)22-14-20(35-3)8-9-23(22)32-24/h4-9,14,19,31-32,34H,10-13,15-16H2,1-3H3. The molecule has 1 spiro atoms. The van der Waals surface area contributed by atoms with Crippen LogP contribution in [0.15, 0.2) is 42.5 Å². The Morgan fingerprint density at radius 2 is 1.86 bits per heavy atom. The molecule has 0 saturated heterocycles. The van der Waals surface area contributed by atoms with Crippen LogP contribution in [-0.4, -0.2) is 49.3 Å². The Bertz CT molecular complexity index is 1220. The molecule has 1 aliphatic carbocycles. The summed E-state index contributed by atoms with van der Waals surface area (Å²) in [4.78, 5) is 5.69. The second-order valence-electron chi connectivity index (χ2n) is 10.3. The zero-order chi connectivity index (χ0) is 25.0. The molecule has 1 saturated carbocycles. The van der Waals surface area contributed by atoms with Gasteiger partial charge >= 0.3 is 6.18 Å². The van der Waals surface area contributed by atoms with Crippen molar-refractivity contribution in [2.75, 3.05) is 34.3 Å². The molecule has 5 nitrogen and oxygen atoms in total. The number of fused-ring (bicyclic) bond motifs is 4. The maximum atomic E-state index is 13.1. The number of H-pyrrole nitrogens is 1. The Balaban J connectivity index is 1.53. The third-order valence-electron chi connectivity index (χ3n) is 7.93. The van der Waals surface area contributed by atoms with E-state index in [4.69, 9.17) is 4.74 Å². The molecule has 3 atom stereocenters. The largest absolute Gasteiger partial charge is 0.497 e. The number of methoxy groups -OCH3 is 1. The van der Waals surface area contributed by atoms with Crippen LogP contribution >= 0.6 is 0 Å². The lowest BCUT2D eigenvalue weighted by molar-refractivity contribution is -0.137. The predicted molar refractivity (Wildman–Crippen MR) is 129 cm³/mol. The molecule has 2 heterocycles. The summed E-state index contributed by atoms with van der Waals surface area (Å²) in [6.45, 7) is 1.44. The number of rotatable bonds is 4. The average Bonchev–Trinajstić information content (AvgIpc) is 3.20. The van der Waals surface area contributed by atoms with Crippen molar-refractivity contribution in [2.24, 2.45) is 5.92 Å². The van der Waals surface area contributed by atoms with Crippen LogP contribution in [0.3, 0.4) is 0 Å². The van der Waals surface area contributed by atoms with Gasteiger partial charge in [-0.1, -0.05) is 12.1 Å². The Morgan fingerprint density at radius 3 is 2.51 bits per heavy atom. The minimum Gasteiger partial charge on any atom is -0.497 e. The summed E-state index contributed by atoms with van der Waals surface area (Å²) in [5, 5.41) is 16.9. The smallest absolute Gasteiger partial charge is 0.416 e. The zero-order valence-corrected chi connectivity index (χ0v) is 20.3.